The molecule has 0 saturated carbocycles. The molecule has 1 saturated heterocycles. The molecule has 0 bridgehead atoms. The fourth-order valence-electron chi connectivity index (χ4n) is 3.05. The summed E-state index contributed by atoms with van der Waals surface area (Å²) in [6, 6.07) is 11.6. The number of hydrogen-bond acceptors (Lipinski definition) is 2. The standard InChI is InChI=1S/C20H19F4NO2/c1-13-6-7-14(11-17(13)21)10-15-4-2-3-5-16(15)19(26)25-8-9-27-18(12-25)20(22,23)24/h2-7,11,18H,8-10,12H2,1H3. The van der Waals surface area contributed by atoms with Crippen molar-refractivity contribution in [1.82, 2.24) is 4.90 Å². The molecule has 0 aliphatic carbocycles. The molecule has 1 amide bonds. The van der Waals surface area contributed by atoms with Crippen LogP contribution in [0.4, 0.5) is 17.6 Å². The smallest absolute Gasteiger partial charge is 0.365 e. The number of ether oxygens (including phenoxy) is 1. The van der Waals surface area contributed by atoms with Gasteiger partial charge in [0.15, 0.2) is 6.10 Å². The van der Waals surface area contributed by atoms with Gasteiger partial charge in [-0.3, -0.25) is 4.79 Å². The van der Waals surface area contributed by atoms with E-state index in [2.05, 4.69) is 0 Å². The van der Waals surface area contributed by atoms with Crippen LogP contribution in [0.1, 0.15) is 27.0 Å². The maximum atomic E-state index is 13.8. The minimum atomic E-state index is -4.52. The van der Waals surface area contributed by atoms with E-state index in [1.807, 2.05) is 0 Å². The Morgan fingerprint density at radius 3 is 2.67 bits per heavy atom. The zero-order valence-electron chi connectivity index (χ0n) is 14.7. The normalized spacial score (nSPS) is 17.8. The maximum absolute atomic E-state index is 13.8. The summed E-state index contributed by atoms with van der Waals surface area (Å²) in [4.78, 5) is 14.0. The molecule has 7 heteroatoms. The summed E-state index contributed by atoms with van der Waals surface area (Å²) in [5, 5.41) is 0. The zero-order chi connectivity index (χ0) is 19.6. The Hall–Kier alpha value is -2.41. The minimum Gasteiger partial charge on any atom is -0.365 e. The molecule has 2 aromatic rings. The topological polar surface area (TPSA) is 29.5 Å². The highest BCUT2D eigenvalue weighted by molar-refractivity contribution is 5.96. The number of carbonyl (C=O) groups is 1. The predicted octanol–water partition coefficient (Wildman–Crippen LogP) is 4.13. The molecule has 3 nitrogen and oxygen atoms in total. The van der Waals surface area contributed by atoms with Crippen LogP contribution >= 0.6 is 0 Å². The maximum Gasteiger partial charge on any atom is 0.416 e. The van der Waals surface area contributed by atoms with Crippen molar-refractivity contribution in [2.45, 2.75) is 25.6 Å². The highest BCUT2D eigenvalue weighted by Gasteiger charge is 2.44. The molecule has 1 unspecified atom stereocenters. The Balaban J connectivity index is 1.82. The molecule has 0 aromatic heterocycles. The van der Waals surface area contributed by atoms with E-state index in [1.165, 1.54) is 6.07 Å². The average Bonchev–Trinajstić information content (AvgIpc) is 2.64. The lowest BCUT2D eigenvalue weighted by molar-refractivity contribution is -0.233. The molecule has 0 spiro atoms. The zero-order valence-corrected chi connectivity index (χ0v) is 14.7. The number of carbonyl (C=O) groups excluding carboxylic acids is 1. The molecule has 1 aliphatic rings. The quantitative estimate of drug-likeness (QED) is 0.749. The number of halogens is 4. The van der Waals surface area contributed by atoms with Crippen LogP contribution in [0.15, 0.2) is 42.5 Å². The van der Waals surface area contributed by atoms with E-state index in [0.29, 0.717) is 28.7 Å². The van der Waals surface area contributed by atoms with Crippen LogP contribution in [0.25, 0.3) is 0 Å². The van der Waals surface area contributed by atoms with Gasteiger partial charge in [0, 0.05) is 12.1 Å². The van der Waals surface area contributed by atoms with Crippen molar-refractivity contribution in [2.75, 3.05) is 19.7 Å². The number of alkyl halides is 3. The van der Waals surface area contributed by atoms with Gasteiger partial charge in [-0.05, 0) is 42.2 Å². The van der Waals surface area contributed by atoms with Crippen molar-refractivity contribution < 1.29 is 27.1 Å². The first-order valence-corrected chi connectivity index (χ1v) is 8.56. The van der Waals surface area contributed by atoms with Gasteiger partial charge in [-0.25, -0.2) is 4.39 Å². The molecule has 144 valence electrons. The monoisotopic (exact) mass is 381 g/mol. The van der Waals surface area contributed by atoms with Gasteiger partial charge in [0.1, 0.15) is 5.82 Å². The van der Waals surface area contributed by atoms with Gasteiger partial charge < -0.3 is 9.64 Å². The Bertz CT molecular complexity index is 835. The lowest BCUT2D eigenvalue weighted by Gasteiger charge is -2.34. The van der Waals surface area contributed by atoms with Gasteiger partial charge in [0.25, 0.3) is 5.91 Å². The first-order valence-electron chi connectivity index (χ1n) is 8.56. The van der Waals surface area contributed by atoms with Crippen LogP contribution in [0.3, 0.4) is 0 Å². The predicted molar refractivity (Wildman–Crippen MR) is 92.1 cm³/mol. The third-order valence-corrected chi connectivity index (χ3v) is 4.60. The second-order valence-electron chi connectivity index (χ2n) is 6.57. The first-order chi connectivity index (χ1) is 12.8. The van der Waals surface area contributed by atoms with Gasteiger partial charge in [0.05, 0.1) is 13.2 Å². The highest BCUT2D eigenvalue weighted by atomic mass is 19.4. The number of nitrogens with zero attached hydrogens (tertiary/aromatic N) is 1. The van der Waals surface area contributed by atoms with Gasteiger partial charge in [-0.15, -0.1) is 0 Å². The fraction of sp³-hybridized carbons (Fsp3) is 0.350. The van der Waals surface area contributed by atoms with Crippen molar-refractivity contribution in [1.29, 1.82) is 0 Å². The highest BCUT2D eigenvalue weighted by Crippen LogP contribution is 2.27. The lowest BCUT2D eigenvalue weighted by atomic mass is 9.98. The molecule has 2 aromatic carbocycles. The summed E-state index contributed by atoms with van der Waals surface area (Å²) >= 11 is 0. The Morgan fingerprint density at radius 2 is 1.96 bits per heavy atom. The van der Waals surface area contributed by atoms with E-state index < -0.39 is 24.7 Å². The summed E-state index contributed by atoms with van der Waals surface area (Å²) in [5.41, 5.74) is 2.17. The van der Waals surface area contributed by atoms with Crippen molar-refractivity contribution in [3.05, 3.63) is 70.5 Å². The van der Waals surface area contributed by atoms with Crippen LogP contribution in [0.2, 0.25) is 0 Å². The average molecular weight is 381 g/mol. The van der Waals surface area contributed by atoms with Gasteiger partial charge in [0.2, 0.25) is 0 Å². The van der Waals surface area contributed by atoms with Crippen molar-refractivity contribution in [3.8, 4) is 0 Å². The van der Waals surface area contributed by atoms with Crippen LogP contribution in [-0.4, -0.2) is 42.8 Å². The van der Waals surface area contributed by atoms with E-state index in [0.717, 1.165) is 4.90 Å². The Kier molecular flexibility index (Phi) is 5.51. The van der Waals surface area contributed by atoms with Crippen molar-refractivity contribution in [3.63, 3.8) is 0 Å². The van der Waals surface area contributed by atoms with Gasteiger partial charge in [-0.1, -0.05) is 30.3 Å². The van der Waals surface area contributed by atoms with Crippen LogP contribution in [-0.2, 0) is 11.2 Å². The Labute approximate surface area is 154 Å². The largest absolute Gasteiger partial charge is 0.416 e. The molecule has 3 rings (SSSR count). The van der Waals surface area contributed by atoms with Crippen LogP contribution < -0.4 is 0 Å². The summed E-state index contributed by atoms with van der Waals surface area (Å²) in [6.45, 7) is 1.06. The third-order valence-electron chi connectivity index (χ3n) is 4.60. The third kappa shape index (κ3) is 4.47. The number of aryl methyl sites for hydroxylation is 1. The van der Waals surface area contributed by atoms with E-state index in [4.69, 9.17) is 4.74 Å². The number of rotatable bonds is 3. The number of morpholine rings is 1. The number of hydrogen-bond donors (Lipinski definition) is 0. The molecule has 1 atom stereocenters. The van der Waals surface area contributed by atoms with E-state index >= 15 is 0 Å². The van der Waals surface area contributed by atoms with E-state index in [-0.39, 0.29) is 19.0 Å². The number of amides is 1. The Morgan fingerprint density at radius 1 is 1.22 bits per heavy atom. The molecular formula is C20H19F4NO2. The van der Waals surface area contributed by atoms with Gasteiger partial charge >= 0.3 is 6.18 Å². The molecule has 1 fully saturated rings. The number of benzene rings is 2. The lowest BCUT2D eigenvalue weighted by Crippen LogP contribution is -2.51. The molecule has 0 radical (unpaired) electrons. The van der Waals surface area contributed by atoms with Crippen LogP contribution in [0, 0.1) is 12.7 Å². The van der Waals surface area contributed by atoms with E-state index in [1.54, 1.807) is 43.3 Å². The summed E-state index contributed by atoms with van der Waals surface area (Å²) in [7, 11) is 0. The summed E-state index contributed by atoms with van der Waals surface area (Å²) < 4.78 is 57.3. The molecule has 1 heterocycles. The summed E-state index contributed by atoms with van der Waals surface area (Å²) in [5.74, 6) is -0.812. The first kappa shape index (κ1) is 19.4. The van der Waals surface area contributed by atoms with Crippen LogP contribution in [0.5, 0.6) is 0 Å². The summed E-state index contributed by atoms with van der Waals surface area (Å²) in [6.07, 6.45) is -6.18. The SMILES string of the molecule is Cc1ccc(Cc2ccccc2C(=O)N2CCOC(C(F)(F)F)C2)cc1F. The molecule has 0 N–H and O–H groups in total. The molecule has 1 aliphatic heterocycles. The second-order valence-corrected chi connectivity index (χ2v) is 6.57. The fourth-order valence-corrected chi connectivity index (χ4v) is 3.05. The van der Waals surface area contributed by atoms with E-state index in [9.17, 15) is 22.4 Å². The van der Waals surface area contributed by atoms with Gasteiger partial charge in [-0.2, -0.15) is 13.2 Å². The molecular weight excluding hydrogens is 362 g/mol. The molecule has 27 heavy (non-hydrogen) atoms. The van der Waals surface area contributed by atoms with Crippen molar-refractivity contribution in [2.24, 2.45) is 0 Å². The second kappa shape index (κ2) is 7.68. The van der Waals surface area contributed by atoms with Crippen molar-refractivity contribution >= 4 is 5.91 Å². The minimum absolute atomic E-state index is 0.0961.